The molecule has 1 rings (SSSR count). The molecule has 9 heavy (non-hydrogen) atoms. The Kier molecular flexibility index (Phi) is 2.49. The van der Waals surface area contributed by atoms with Crippen LogP contribution in [0.2, 0.25) is 10.1 Å². The van der Waals surface area contributed by atoms with Crippen molar-refractivity contribution in [1.82, 2.24) is 0 Å². The Labute approximate surface area is 59.9 Å². The van der Waals surface area contributed by atoms with Crippen molar-refractivity contribution < 1.29 is 15.3 Å². The number of rotatable bonds is 1. The van der Waals surface area contributed by atoms with Crippen molar-refractivity contribution in [1.29, 1.82) is 0 Å². The van der Waals surface area contributed by atoms with Gasteiger partial charge in [0.1, 0.15) is 0 Å². The molecule has 1 heterocycles. The number of aliphatic hydroxyl groups excluding tert-OH is 3. The van der Waals surface area contributed by atoms with Gasteiger partial charge >= 0.3 is 59.2 Å². The molecule has 0 unspecified atom stereocenters. The first kappa shape index (κ1) is 7.51. The molecule has 0 spiro atoms. The molecule has 1 aliphatic rings. The van der Waals surface area contributed by atoms with Crippen molar-refractivity contribution >= 4 is 15.0 Å². The van der Waals surface area contributed by atoms with Gasteiger partial charge in [0.2, 0.25) is 0 Å². The summed E-state index contributed by atoms with van der Waals surface area (Å²) < 4.78 is 0. The molecule has 3 N–H and O–H groups in total. The van der Waals surface area contributed by atoms with Crippen LogP contribution in [-0.2, 0) is 0 Å². The van der Waals surface area contributed by atoms with Crippen LogP contribution < -0.4 is 0 Å². The van der Waals surface area contributed by atoms with Gasteiger partial charge in [0, 0.05) is 0 Å². The van der Waals surface area contributed by atoms with Gasteiger partial charge < -0.3 is 0 Å². The van der Waals surface area contributed by atoms with E-state index >= 15 is 0 Å². The van der Waals surface area contributed by atoms with E-state index in [1.54, 1.807) is 0 Å². The van der Waals surface area contributed by atoms with Gasteiger partial charge in [-0.2, -0.15) is 0 Å². The Morgan fingerprint density at radius 3 is 2.33 bits per heavy atom. The minimum atomic E-state index is -0.671. The van der Waals surface area contributed by atoms with E-state index in [1.807, 2.05) is 0 Å². The summed E-state index contributed by atoms with van der Waals surface area (Å²) in [6.45, 7) is 0.0121. The Balaban J connectivity index is 2.41. The quantitative estimate of drug-likeness (QED) is 0.454. The van der Waals surface area contributed by atoms with Gasteiger partial charge in [-0.15, -0.1) is 0 Å². The predicted molar refractivity (Wildman–Crippen MR) is 33.4 cm³/mol. The topological polar surface area (TPSA) is 60.7 Å². The molecule has 0 aliphatic carbocycles. The molecule has 0 saturated carbocycles. The first-order chi connectivity index (χ1) is 4.25. The van der Waals surface area contributed by atoms with Crippen molar-refractivity contribution in [3.63, 3.8) is 0 Å². The van der Waals surface area contributed by atoms with E-state index < -0.39 is 12.2 Å². The molecule has 1 fully saturated rings. The zero-order valence-electron chi connectivity index (χ0n) is 4.90. The van der Waals surface area contributed by atoms with Crippen molar-refractivity contribution in [3.8, 4) is 0 Å². The van der Waals surface area contributed by atoms with Gasteiger partial charge in [-0.25, -0.2) is 0 Å². The van der Waals surface area contributed by atoms with Gasteiger partial charge in [0.15, 0.2) is 0 Å². The summed E-state index contributed by atoms with van der Waals surface area (Å²) >= 11 is 0.230. The Morgan fingerprint density at radius 1 is 1.44 bits per heavy atom. The number of aliphatic hydroxyl groups is 3. The molecule has 0 aromatic heterocycles. The minimum absolute atomic E-state index is 0.0121. The van der Waals surface area contributed by atoms with Gasteiger partial charge in [-0.05, 0) is 0 Å². The van der Waals surface area contributed by atoms with Crippen LogP contribution in [0.3, 0.4) is 0 Å². The SMILES string of the molecule is OC[C@H]1[Se]C[C@@H](O)[C@@H]1O. The summed E-state index contributed by atoms with van der Waals surface area (Å²) in [5, 5.41) is 27.3. The first-order valence-corrected chi connectivity index (χ1v) is 5.04. The zero-order valence-corrected chi connectivity index (χ0v) is 6.61. The fourth-order valence-corrected chi connectivity index (χ4v) is 3.19. The normalized spacial score (nSPS) is 43.7. The molecule has 1 saturated heterocycles. The molecular formula is C5H10O3Se. The zero-order chi connectivity index (χ0) is 6.85. The maximum atomic E-state index is 9.06. The average Bonchev–Trinajstić information content (AvgIpc) is 2.15. The van der Waals surface area contributed by atoms with E-state index in [0.717, 1.165) is 0 Å². The second kappa shape index (κ2) is 2.99. The van der Waals surface area contributed by atoms with Crippen molar-refractivity contribution in [2.75, 3.05) is 6.61 Å². The number of hydrogen-bond acceptors (Lipinski definition) is 3. The molecular weight excluding hydrogens is 187 g/mol. The monoisotopic (exact) mass is 198 g/mol. The third-order valence-corrected chi connectivity index (χ3v) is 4.35. The molecule has 0 aromatic rings. The van der Waals surface area contributed by atoms with Crippen LogP contribution in [0.5, 0.6) is 0 Å². The summed E-state index contributed by atoms with van der Waals surface area (Å²) in [6.07, 6.45) is -1.25. The molecule has 0 radical (unpaired) electrons. The van der Waals surface area contributed by atoms with E-state index in [0.29, 0.717) is 5.32 Å². The van der Waals surface area contributed by atoms with Gasteiger partial charge in [0.05, 0.1) is 0 Å². The second-order valence-electron chi connectivity index (χ2n) is 2.11. The first-order valence-electron chi connectivity index (χ1n) is 2.84. The van der Waals surface area contributed by atoms with Crippen molar-refractivity contribution in [3.05, 3.63) is 0 Å². The van der Waals surface area contributed by atoms with Crippen LogP contribution in [0, 0.1) is 0 Å². The van der Waals surface area contributed by atoms with Crippen LogP contribution in [0.15, 0.2) is 0 Å². The van der Waals surface area contributed by atoms with E-state index in [9.17, 15) is 0 Å². The second-order valence-corrected chi connectivity index (χ2v) is 4.78. The average molecular weight is 197 g/mol. The summed E-state index contributed by atoms with van der Waals surface area (Å²) in [6, 6.07) is 0. The standard InChI is InChI=1S/C5H10O3Se/c6-1-4-5(8)3(7)2-9-4/h3-8H,1-2H2/t3-,4-,5+/m1/s1. The van der Waals surface area contributed by atoms with E-state index in [4.69, 9.17) is 15.3 Å². The van der Waals surface area contributed by atoms with Crippen molar-refractivity contribution in [2.45, 2.75) is 22.3 Å². The Morgan fingerprint density at radius 2 is 2.11 bits per heavy atom. The van der Waals surface area contributed by atoms with Crippen LogP contribution in [0.1, 0.15) is 0 Å². The summed E-state index contributed by atoms with van der Waals surface area (Å²) in [5.41, 5.74) is 0. The van der Waals surface area contributed by atoms with E-state index in [-0.39, 0.29) is 26.4 Å². The summed E-state index contributed by atoms with van der Waals surface area (Å²) in [5.74, 6) is 0. The van der Waals surface area contributed by atoms with Crippen molar-refractivity contribution in [2.24, 2.45) is 0 Å². The summed E-state index contributed by atoms with van der Waals surface area (Å²) in [4.78, 5) is -0.0347. The maximum absolute atomic E-state index is 9.06. The van der Waals surface area contributed by atoms with Crippen LogP contribution in [-0.4, -0.2) is 49.1 Å². The van der Waals surface area contributed by atoms with E-state index in [1.165, 1.54) is 0 Å². The third kappa shape index (κ3) is 1.45. The molecule has 1 aliphatic heterocycles. The fourth-order valence-electron chi connectivity index (χ4n) is 0.828. The molecule has 54 valence electrons. The molecule has 0 aromatic carbocycles. The molecule has 4 heteroatoms. The van der Waals surface area contributed by atoms with Gasteiger partial charge in [-0.1, -0.05) is 0 Å². The molecule has 3 nitrogen and oxygen atoms in total. The molecule has 0 amide bonds. The molecule has 3 atom stereocenters. The Hall–Kier alpha value is 0.399. The Bertz CT molecular complexity index is 98.2. The predicted octanol–water partition coefficient (Wildman–Crippen LogP) is -1.37. The third-order valence-electron chi connectivity index (χ3n) is 1.44. The van der Waals surface area contributed by atoms with Crippen LogP contribution in [0.4, 0.5) is 0 Å². The van der Waals surface area contributed by atoms with Gasteiger partial charge in [0.25, 0.3) is 0 Å². The number of hydrogen-bond donors (Lipinski definition) is 3. The summed E-state index contributed by atoms with van der Waals surface area (Å²) in [7, 11) is 0. The van der Waals surface area contributed by atoms with E-state index in [2.05, 4.69) is 0 Å². The van der Waals surface area contributed by atoms with Crippen LogP contribution in [0.25, 0.3) is 0 Å². The van der Waals surface area contributed by atoms with Gasteiger partial charge in [-0.3, -0.25) is 0 Å². The van der Waals surface area contributed by atoms with Crippen LogP contribution >= 0.6 is 0 Å². The molecule has 0 bridgehead atoms. The fraction of sp³-hybridized carbons (Fsp3) is 1.00.